The van der Waals surface area contributed by atoms with Crippen molar-refractivity contribution < 1.29 is 14.3 Å². The van der Waals surface area contributed by atoms with Crippen LogP contribution in [-0.4, -0.2) is 54.4 Å². The Morgan fingerprint density at radius 3 is 2.11 bits per heavy atom. The van der Waals surface area contributed by atoms with Crippen LogP contribution in [0.4, 0.5) is 0 Å². The Morgan fingerprint density at radius 2 is 1.48 bits per heavy atom. The largest absolute Gasteiger partial charge is 0.484 e. The molecule has 1 saturated heterocycles. The lowest BCUT2D eigenvalue weighted by Crippen LogP contribution is -2.52. The Bertz CT molecular complexity index is 793. The van der Waals surface area contributed by atoms with Gasteiger partial charge in [0.25, 0.3) is 5.91 Å². The van der Waals surface area contributed by atoms with Crippen molar-refractivity contribution in [2.45, 2.75) is 20.3 Å². The molecule has 0 aromatic heterocycles. The molecule has 0 spiro atoms. The van der Waals surface area contributed by atoms with Gasteiger partial charge in [0, 0.05) is 26.2 Å². The van der Waals surface area contributed by atoms with Gasteiger partial charge in [0.1, 0.15) is 5.75 Å². The van der Waals surface area contributed by atoms with Crippen LogP contribution in [0.15, 0.2) is 48.5 Å². The number of carbonyl (C=O) groups is 2. The molecule has 2 aromatic carbocycles. The molecule has 5 nitrogen and oxygen atoms in total. The Hall–Kier alpha value is -2.82. The maximum absolute atomic E-state index is 12.5. The fourth-order valence-electron chi connectivity index (χ4n) is 3.14. The third-order valence-corrected chi connectivity index (χ3v) is 4.81. The van der Waals surface area contributed by atoms with Crippen molar-refractivity contribution in [2.75, 3.05) is 32.8 Å². The van der Waals surface area contributed by atoms with Crippen LogP contribution < -0.4 is 4.74 Å². The van der Waals surface area contributed by atoms with Crippen molar-refractivity contribution in [3.63, 3.8) is 0 Å². The number of nitrogens with zero attached hydrogens (tertiary/aromatic N) is 2. The lowest BCUT2D eigenvalue weighted by Gasteiger charge is -2.34. The van der Waals surface area contributed by atoms with E-state index in [0.717, 1.165) is 11.1 Å². The van der Waals surface area contributed by atoms with Gasteiger partial charge in [-0.25, -0.2) is 0 Å². The van der Waals surface area contributed by atoms with E-state index in [9.17, 15) is 9.59 Å². The summed E-state index contributed by atoms with van der Waals surface area (Å²) in [7, 11) is 0. The van der Waals surface area contributed by atoms with E-state index in [1.165, 1.54) is 5.56 Å². The van der Waals surface area contributed by atoms with Crippen LogP contribution in [0.1, 0.15) is 16.7 Å². The molecule has 0 atom stereocenters. The second kappa shape index (κ2) is 8.71. The fraction of sp³-hybridized carbons (Fsp3) is 0.364. The first-order valence-corrected chi connectivity index (χ1v) is 9.32. The monoisotopic (exact) mass is 366 g/mol. The zero-order chi connectivity index (χ0) is 19.2. The summed E-state index contributed by atoms with van der Waals surface area (Å²) in [6, 6.07) is 15.7. The van der Waals surface area contributed by atoms with Crippen LogP contribution in [0, 0.1) is 13.8 Å². The lowest BCUT2D eigenvalue weighted by atomic mass is 10.1. The van der Waals surface area contributed by atoms with E-state index < -0.39 is 0 Å². The standard InChI is InChI=1S/C22H26N2O3/c1-17-6-8-19(9-7-17)15-21(25)23-10-12-24(13-11-23)22(26)16-27-20-5-3-4-18(2)14-20/h3-9,14H,10-13,15-16H2,1-2H3. The number of carbonyl (C=O) groups excluding carboxylic acids is 2. The number of hydrogen-bond acceptors (Lipinski definition) is 3. The maximum Gasteiger partial charge on any atom is 0.260 e. The number of rotatable bonds is 5. The van der Waals surface area contributed by atoms with E-state index in [-0.39, 0.29) is 18.4 Å². The highest BCUT2D eigenvalue weighted by atomic mass is 16.5. The Labute approximate surface area is 160 Å². The van der Waals surface area contributed by atoms with Gasteiger partial charge in [-0.15, -0.1) is 0 Å². The van der Waals surface area contributed by atoms with Gasteiger partial charge in [-0.05, 0) is 37.1 Å². The molecule has 0 saturated carbocycles. The van der Waals surface area contributed by atoms with Crippen molar-refractivity contribution in [2.24, 2.45) is 0 Å². The molecule has 142 valence electrons. The van der Waals surface area contributed by atoms with Gasteiger partial charge in [-0.1, -0.05) is 42.0 Å². The number of piperazine rings is 1. The Morgan fingerprint density at radius 1 is 0.852 bits per heavy atom. The molecule has 0 bridgehead atoms. The van der Waals surface area contributed by atoms with Gasteiger partial charge in [0.2, 0.25) is 5.91 Å². The van der Waals surface area contributed by atoms with E-state index in [1.54, 1.807) is 4.90 Å². The minimum atomic E-state index is -0.0397. The highest BCUT2D eigenvalue weighted by Crippen LogP contribution is 2.13. The summed E-state index contributed by atoms with van der Waals surface area (Å²) in [4.78, 5) is 28.4. The smallest absolute Gasteiger partial charge is 0.260 e. The predicted octanol–water partition coefficient (Wildman–Crippen LogP) is 2.60. The van der Waals surface area contributed by atoms with Crippen LogP contribution >= 0.6 is 0 Å². The molecule has 0 unspecified atom stereocenters. The number of ether oxygens (including phenoxy) is 1. The molecule has 3 rings (SSSR count). The highest BCUT2D eigenvalue weighted by molar-refractivity contribution is 5.80. The van der Waals surface area contributed by atoms with Gasteiger partial charge in [0.05, 0.1) is 6.42 Å². The van der Waals surface area contributed by atoms with Crippen LogP contribution in [0.3, 0.4) is 0 Å². The van der Waals surface area contributed by atoms with Crippen molar-refractivity contribution in [1.82, 2.24) is 9.80 Å². The van der Waals surface area contributed by atoms with Gasteiger partial charge < -0.3 is 14.5 Å². The molecule has 0 N–H and O–H groups in total. The molecular weight excluding hydrogens is 340 g/mol. The zero-order valence-corrected chi connectivity index (χ0v) is 16.0. The first-order chi connectivity index (χ1) is 13.0. The molecule has 5 heteroatoms. The molecule has 2 amide bonds. The van der Waals surface area contributed by atoms with Gasteiger partial charge in [-0.3, -0.25) is 9.59 Å². The third-order valence-electron chi connectivity index (χ3n) is 4.81. The Kier molecular flexibility index (Phi) is 6.12. The maximum atomic E-state index is 12.5. The molecule has 1 heterocycles. The van der Waals surface area contributed by atoms with E-state index >= 15 is 0 Å². The van der Waals surface area contributed by atoms with Crippen LogP contribution in [-0.2, 0) is 16.0 Å². The van der Waals surface area contributed by atoms with E-state index in [1.807, 2.05) is 67.3 Å². The van der Waals surface area contributed by atoms with Crippen molar-refractivity contribution in [3.05, 3.63) is 65.2 Å². The van der Waals surface area contributed by atoms with Gasteiger partial charge in [-0.2, -0.15) is 0 Å². The molecule has 1 aliphatic rings. The summed E-state index contributed by atoms with van der Waals surface area (Å²) in [6.07, 6.45) is 0.407. The third kappa shape index (κ3) is 5.33. The van der Waals surface area contributed by atoms with Crippen LogP contribution in [0.2, 0.25) is 0 Å². The Balaban J connectivity index is 1.44. The summed E-state index contributed by atoms with van der Waals surface area (Å²) in [6.45, 7) is 6.29. The fourth-order valence-corrected chi connectivity index (χ4v) is 3.14. The predicted molar refractivity (Wildman–Crippen MR) is 105 cm³/mol. The molecule has 27 heavy (non-hydrogen) atoms. The molecule has 1 aliphatic heterocycles. The minimum Gasteiger partial charge on any atom is -0.484 e. The summed E-state index contributed by atoms with van der Waals surface area (Å²) in [5.41, 5.74) is 3.31. The normalized spacial score (nSPS) is 14.1. The molecular formula is C22H26N2O3. The van der Waals surface area contributed by atoms with Gasteiger partial charge >= 0.3 is 0 Å². The molecule has 1 fully saturated rings. The quantitative estimate of drug-likeness (QED) is 0.817. The summed E-state index contributed by atoms with van der Waals surface area (Å²) >= 11 is 0. The molecule has 0 radical (unpaired) electrons. The average molecular weight is 366 g/mol. The SMILES string of the molecule is Cc1ccc(CC(=O)N2CCN(C(=O)COc3cccc(C)c3)CC2)cc1. The van der Waals surface area contributed by atoms with E-state index in [0.29, 0.717) is 38.3 Å². The highest BCUT2D eigenvalue weighted by Gasteiger charge is 2.24. The van der Waals surface area contributed by atoms with Crippen molar-refractivity contribution >= 4 is 11.8 Å². The minimum absolute atomic E-state index is 0.0285. The number of aryl methyl sites for hydroxylation is 2. The summed E-state index contributed by atoms with van der Waals surface area (Å²) in [5, 5.41) is 0. The van der Waals surface area contributed by atoms with Crippen molar-refractivity contribution in [3.8, 4) is 5.75 Å². The molecule has 2 aromatic rings. The number of benzene rings is 2. The second-order valence-electron chi connectivity index (χ2n) is 7.03. The van der Waals surface area contributed by atoms with Gasteiger partial charge in [0.15, 0.2) is 6.61 Å². The topological polar surface area (TPSA) is 49.9 Å². The lowest BCUT2D eigenvalue weighted by molar-refractivity contribution is -0.140. The zero-order valence-electron chi connectivity index (χ0n) is 16.0. The average Bonchev–Trinajstić information content (AvgIpc) is 2.68. The first kappa shape index (κ1) is 19.0. The van der Waals surface area contributed by atoms with Crippen LogP contribution in [0.5, 0.6) is 5.75 Å². The summed E-state index contributed by atoms with van der Waals surface area (Å²) < 4.78 is 5.59. The van der Waals surface area contributed by atoms with E-state index in [4.69, 9.17) is 4.74 Å². The number of hydrogen-bond donors (Lipinski definition) is 0. The first-order valence-electron chi connectivity index (χ1n) is 9.32. The van der Waals surface area contributed by atoms with Crippen LogP contribution in [0.25, 0.3) is 0 Å². The van der Waals surface area contributed by atoms with E-state index in [2.05, 4.69) is 0 Å². The molecule has 0 aliphatic carbocycles. The number of amides is 2. The van der Waals surface area contributed by atoms with Crippen molar-refractivity contribution in [1.29, 1.82) is 0 Å². The summed E-state index contributed by atoms with van der Waals surface area (Å²) in [5.74, 6) is 0.777. The second-order valence-corrected chi connectivity index (χ2v) is 7.03.